The van der Waals surface area contributed by atoms with Crippen molar-refractivity contribution in [3.05, 3.63) is 23.2 Å². The first kappa shape index (κ1) is 13.5. The van der Waals surface area contributed by atoms with E-state index in [0.717, 1.165) is 12.8 Å². The second kappa shape index (κ2) is 6.92. The molecule has 1 unspecified atom stereocenters. The van der Waals surface area contributed by atoms with E-state index in [9.17, 15) is 4.21 Å². The number of benzene rings is 1. The lowest BCUT2D eigenvalue weighted by Gasteiger charge is -2.06. The Labute approximate surface area is 105 Å². The maximum Gasteiger partial charge on any atom is 0.0632 e. The monoisotopic (exact) mass is 259 g/mol. The van der Waals surface area contributed by atoms with Crippen molar-refractivity contribution in [3.63, 3.8) is 0 Å². The highest BCUT2D eigenvalue weighted by Crippen LogP contribution is 2.22. The summed E-state index contributed by atoms with van der Waals surface area (Å²) in [5, 5.41) is 0.589. The zero-order valence-electron chi connectivity index (χ0n) is 9.54. The molecule has 0 aliphatic carbocycles. The van der Waals surface area contributed by atoms with Crippen molar-refractivity contribution in [3.8, 4) is 0 Å². The topological polar surface area (TPSA) is 43.1 Å². The van der Waals surface area contributed by atoms with Gasteiger partial charge in [-0.2, -0.15) is 0 Å². The minimum atomic E-state index is -1.02. The quantitative estimate of drug-likeness (QED) is 0.626. The van der Waals surface area contributed by atoms with Crippen molar-refractivity contribution in [1.82, 2.24) is 0 Å². The minimum Gasteiger partial charge on any atom is -0.398 e. The van der Waals surface area contributed by atoms with E-state index in [2.05, 4.69) is 6.92 Å². The molecule has 0 radical (unpaired) electrons. The molecule has 0 aliphatic rings. The van der Waals surface area contributed by atoms with Gasteiger partial charge in [0.05, 0.1) is 15.7 Å². The molecule has 90 valence electrons. The molecular weight excluding hydrogens is 242 g/mol. The maximum atomic E-state index is 12.0. The van der Waals surface area contributed by atoms with Crippen molar-refractivity contribution >= 4 is 28.1 Å². The molecule has 16 heavy (non-hydrogen) atoms. The van der Waals surface area contributed by atoms with E-state index >= 15 is 0 Å². The highest BCUT2D eigenvalue weighted by Gasteiger charge is 2.08. The zero-order valence-corrected chi connectivity index (χ0v) is 11.1. The predicted octanol–water partition coefficient (Wildman–Crippen LogP) is 3.61. The smallest absolute Gasteiger partial charge is 0.0632 e. The molecule has 1 aromatic rings. The van der Waals surface area contributed by atoms with Crippen LogP contribution >= 0.6 is 11.6 Å². The van der Waals surface area contributed by atoms with E-state index in [1.165, 1.54) is 12.8 Å². The Morgan fingerprint density at radius 2 is 2.06 bits per heavy atom. The van der Waals surface area contributed by atoms with Gasteiger partial charge in [-0.15, -0.1) is 0 Å². The van der Waals surface area contributed by atoms with Crippen LogP contribution in [0.5, 0.6) is 0 Å². The summed E-state index contributed by atoms with van der Waals surface area (Å²) in [4.78, 5) is 0.670. The van der Waals surface area contributed by atoms with Gasteiger partial charge in [-0.25, -0.2) is 0 Å². The number of nitrogens with two attached hydrogens (primary N) is 1. The van der Waals surface area contributed by atoms with Crippen molar-refractivity contribution < 1.29 is 4.21 Å². The van der Waals surface area contributed by atoms with Crippen molar-refractivity contribution in [2.24, 2.45) is 0 Å². The van der Waals surface area contributed by atoms with E-state index in [0.29, 0.717) is 21.4 Å². The third kappa shape index (κ3) is 4.14. The summed E-state index contributed by atoms with van der Waals surface area (Å²) in [6.07, 6.45) is 4.49. The van der Waals surface area contributed by atoms with Gasteiger partial charge in [0.1, 0.15) is 0 Å². The number of anilines is 1. The minimum absolute atomic E-state index is 0.568. The second-order valence-corrected chi connectivity index (χ2v) is 5.77. The summed E-state index contributed by atoms with van der Waals surface area (Å²) in [5.41, 5.74) is 6.34. The number of rotatable bonds is 6. The Kier molecular flexibility index (Phi) is 5.85. The normalized spacial score (nSPS) is 12.6. The van der Waals surface area contributed by atoms with Crippen LogP contribution in [0.1, 0.15) is 32.6 Å². The van der Waals surface area contributed by atoms with Gasteiger partial charge in [0.25, 0.3) is 0 Å². The van der Waals surface area contributed by atoms with Gasteiger partial charge in [-0.1, -0.05) is 37.8 Å². The summed E-state index contributed by atoms with van der Waals surface area (Å²) in [6, 6.07) is 5.13. The lowest BCUT2D eigenvalue weighted by molar-refractivity contribution is 0.668. The first-order valence-electron chi connectivity index (χ1n) is 5.58. The van der Waals surface area contributed by atoms with Gasteiger partial charge in [0.2, 0.25) is 0 Å². The van der Waals surface area contributed by atoms with Gasteiger partial charge in [-0.05, 0) is 24.6 Å². The summed E-state index contributed by atoms with van der Waals surface area (Å²) in [6.45, 7) is 2.16. The summed E-state index contributed by atoms with van der Waals surface area (Å²) < 4.78 is 12.0. The van der Waals surface area contributed by atoms with Gasteiger partial charge in [-0.3, -0.25) is 4.21 Å². The molecule has 0 heterocycles. The number of nitrogen functional groups attached to an aromatic ring is 1. The Hall–Kier alpha value is -0.540. The summed E-state index contributed by atoms with van der Waals surface area (Å²) >= 11 is 5.85. The second-order valence-electron chi connectivity index (χ2n) is 3.79. The van der Waals surface area contributed by atoms with Crippen LogP contribution in [0, 0.1) is 0 Å². The van der Waals surface area contributed by atoms with E-state index in [1.807, 2.05) is 0 Å². The van der Waals surface area contributed by atoms with Crippen LogP contribution in [-0.2, 0) is 10.8 Å². The molecule has 0 amide bonds. The molecule has 4 heteroatoms. The molecule has 2 N–H and O–H groups in total. The molecule has 0 saturated heterocycles. The zero-order chi connectivity index (χ0) is 12.0. The lowest BCUT2D eigenvalue weighted by Crippen LogP contribution is -2.02. The summed E-state index contributed by atoms with van der Waals surface area (Å²) in [5.74, 6) is 0.671. The van der Waals surface area contributed by atoms with E-state index in [4.69, 9.17) is 17.3 Å². The molecule has 0 spiro atoms. The molecule has 1 aromatic carbocycles. The largest absolute Gasteiger partial charge is 0.398 e. The molecule has 1 rings (SSSR count). The van der Waals surface area contributed by atoms with Gasteiger partial charge in [0, 0.05) is 16.5 Å². The number of hydrogen-bond donors (Lipinski definition) is 1. The van der Waals surface area contributed by atoms with Crippen LogP contribution in [0.2, 0.25) is 5.02 Å². The SMILES string of the molecule is CCCCCCS(=O)c1cc(Cl)ccc1N. The highest BCUT2D eigenvalue weighted by molar-refractivity contribution is 7.85. The van der Waals surface area contributed by atoms with Crippen LogP contribution in [-0.4, -0.2) is 9.96 Å². The first-order chi connectivity index (χ1) is 7.65. The van der Waals surface area contributed by atoms with E-state index in [-0.39, 0.29) is 0 Å². The van der Waals surface area contributed by atoms with Crippen molar-refractivity contribution in [1.29, 1.82) is 0 Å². The number of halogens is 1. The van der Waals surface area contributed by atoms with Gasteiger partial charge in [0.15, 0.2) is 0 Å². The molecule has 0 fully saturated rings. The Morgan fingerprint density at radius 3 is 2.75 bits per heavy atom. The standard InChI is InChI=1S/C12H18ClNOS/c1-2-3-4-5-8-16(15)12-9-10(13)6-7-11(12)14/h6-7,9H,2-5,8,14H2,1H3. The van der Waals surface area contributed by atoms with Crippen molar-refractivity contribution in [2.75, 3.05) is 11.5 Å². The van der Waals surface area contributed by atoms with E-state index in [1.54, 1.807) is 18.2 Å². The first-order valence-corrected chi connectivity index (χ1v) is 7.28. The Bertz CT molecular complexity index is 368. The molecule has 2 nitrogen and oxygen atoms in total. The van der Waals surface area contributed by atoms with Crippen LogP contribution in [0.3, 0.4) is 0 Å². The average molecular weight is 260 g/mol. The molecular formula is C12H18ClNOS. The van der Waals surface area contributed by atoms with Crippen LogP contribution < -0.4 is 5.73 Å². The van der Waals surface area contributed by atoms with Gasteiger partial charge >= 0.3 is 0 Å². The molecule has 0 aliphatic heterocycles. The maximum absolute atomic E-state index is 12.0. The molecule has 0 aromatic heterocycles. The Balaban J connectivity index is 2.55. The Morgan fingerprint density at radius 1 is 1.31 bits per heavy atom. The van der Waals surface area contributed by atoms with E-state index < -0.39 is 10.8 Å². The number of unbranched alkanes of at least 4 members (excludes halogenated alkanes) is 3. The fourth-order valence-corrected chi connectivity index (χ4v) is 2.99. The predicted molar refractivity (Wildman–Crippen MR) is 71.3 cm³/mol. The fourth-order valence-electron chi connectivity index (χ4n) is 1.48. The van der Waals surface area contributed by atoms with Crippen LogP contribution in [0.4, 0.5) is 5.69 Å². The van der Waals surface area contributed by atoms with Gasteiger partial charge < -0.3 is 5.73 Å². The fraction of sp³-hybridized carbons (Fsp3) is 0.500. The molecule has 1 atom stereocenters. The lowest BCUT2D eigenvalue weighted by atomic mass is 10.2. The summed E-state index contributed by atoms with van der Waals surface area (Å²) in [7, 11) is -1.02. The molecule has 0 bridgehead atoms. The highest BCUT2D eigenvalue weighted by atomic mass is 35.5. The van der Waals surface area contributed by atoms with Crippen molar-refractivity contribution in [2.45, 2.75) is 37.5 Å². The van der Waals surface area contributed by atoms with Crippen LogP contribution in [0.25, 0.3) is 0 Å². The van der Waals surface area contributed by atoms with Crippen LogP contribution in [0.15, 0.2) is 23.1 Å². The third-order valence-corrected chi connectivity index (χ3v) is 4.14. The number of hydrogen-bond acceptors (Lipinski definition) is 2. The molecule has 0 saturated carbocycles. The average Bonchev–Trinajstić information content (AvgIpc) is 2.27. The third-order valence-electron chi connectivity index (χ3n) is 2.40.